The number of carbonyl (C=O) groups is 2. The molecule has 0 saturated carbocycles. The van der Waals surface area contributed by atoms with Crippen LogP contribution in [0.4, 0.5) is 11.4 Å². The van der Waals surface area contributed by atoms with Gasteiger partial charge in [-0.25, -0.2) is 0 Å². The van der Waals surface area contributed by atoms with E-state index in [1.807, 2.05) is 41.3 Å². The zero-order chi connectivity index (χ0) is 19.2. The number of ketones is 1. The van der Waals surface area contributed by atoms with Crippen LogP contribution in [0.3, 0.4) is 0 Å². The summed E-state index contributed by atoms with van der Waals surface area (Å²) in [7, 11) is 1.66. The topological polar surface area (TPSA) is 61.9 Å². The summed E-state index contributed by atoms with van der Waals surface area (Å²) in [6, 6.07) is 15.2. The molecule has 0 spiro atoms. The fraction of sp³-hybridized carbons (Fsp3) is 0.333. The van der Waals surface area contributed by atoms with Crippen LogP contribution >= 0.6 is 0 Å². The predicted octanol–water partition coefficient (Wildman–Crippen LogP) is 2.66. The van der Waals surface area contributed by atoms with Crippen molar-refractivity contribution in [1.82, 2.24) is 4.90 Å². The Hall–Kier alpha value is -3.02. The number of methoxy groups -OCH3 is 1. The molecule has 27 heavy (non-hydrogen) atoms. The zero-order valence-corrected chi connectivity index (χ0v) is 15.8. The highest BCUT2D eigenvalue weighted by molar-refractivity contribution is 5.94. The summed E-state index contributed by atoms with van der Waals surface area (Å²) in [4.78, 5) is 27.9. The minimum Gasteiger partial charge on any atom is -0.497 e. The molecule has 0 atom stereocenters. The molecule has 0 radical (unpaired) electrons. The maximum absolute atomic E-state index is 12.4. The third-order valence-corrected chi connectivity index (χ3v) is 4.81. The number of Topliss-reactive ketones (excluding diaryl/α,β-unsaturated/α-hetero) is 1. The molecule has 6 nitrogen and oxygen atoms in total. The van der Waals surface area contributed by atoms with Gasteiger partial charge >= 0.3 is 0 Å². The Morgan fingerprint density at radius 3 is 2.15 bits per heavy atom. The molecule has 2 aromatic carbocycles. The summed E-state index contributed by atoms with van der Waals surface area (Å²) >= 11 is 0. The highest BCUT2D eigenvalue weighted by Gasteiger charge is 2.21. The maximum atomic E-state index is 12.4. The second-order valence-corrected chi connectivity index (χ2v) is 6.55. The monoisotopic (exact) mass is 367 g/mol. The Kier molecular flexibility index (Phi) is 5.96. The standard InChI is InChI=1S/C21H25N3O3/c1-16(25)17-3-5-18(6-4-17)22-15-21(26)24-13-11-23(12-14-24)19-7-9-20(27-2)10-8-19/h3-10,22H,11-15H2,1-2H3. The van der Waals surface area contributed by atoms with E-state index in [0.717, 1.165) is 30.2 Å². The number of benzene rings is 2. The van der Waals surface area contributed by atoms with E-state index in [9.17, 15) is 9.59 Å². The molecule has 0 aromatic heterocycles. The molecule has 0 unspecified atom stereocenters. The van der Waals surface area contributed by atoms with E-state index < -0.39 is 0 Å². The van der Waals surface area contributed by atoms with Gasteiger partial charge in [-0.1, -0.05) is 0 Å². The molecule has 1 aliphatic rings. The Balaban J connectivity index is 1.47. The minimum absolute atomic E-state index is 0.0346. The van der Waals surface area contributed by atoms with Crippen molar-refractivity contribution < 1.29 is 14.3 Å². The van der Waals surface area contributed by atoms with Crippen molar-refractivity contribution in [3.63, 3.8) is 0 Å². The SMILES string of the molecule is COc1ccc(N2CCN(C(=O)CNc3ccc(C(C)=O)cc3)CC2)cc1. The molecular weight excluding hydrogens is 342 g/mol. The zero-order valence-electron chi connectivity index (χ0n) is 15.8. The second kappa shape index (κ2) is 8.58. The first kappa shape index (κ1) is 18.8. The van der Waals surface area contributed by atoms with E-state index in [0.29, 0.717) is 18.7 Å². The predicted molar refractivity (Wildman–Crippen MR) is 107 cm³/mol. The Morgan fingerprint density at radius 2 is 1.59 bits per heavy atom. The number of nitrogens with zero attached hydrogens (tertiary/aromatic N) is 2. The van der Waals surface area contributed by atoms with Gasteiger partial charge in [0.2, 0.25) is 5.91 Å². The van der Waals surface area contributed by atoms with E-state index >= 15 is 0 Å². The van der Waals surface area contributed by atoms with Gasteiger partial charge in [0, 0.05) is 43.1 Å². The van der Waals surface area contributed by atoms with Crippen molar-refractivity contribution in [2.75, 3.05) is 50.1 Å². The van der Waals surface area contributed by atoms with E-state index in [2.05, 4.69) is 10.2 Å². The summed E-state index contributed by atoms with van der Waals surface area (Å²) in [6.07, 6.45) is 0. The lowest BCUT2D eigenvalue weighted by Gasteiger charge is -2.36. The fourth-order valence-corrected chi connectivity index (χ4v) is 3.12. The number of carbonyl (C=O) groups excluding carboxylic acids is 2. The highest BCUT2D eigenvalue weighted by atomic mass is 16.5. The van der Waals surface area contributed by atoms with Crippen molar-refractivity contribution in [3.8, 4) is 5.75 Å². The van der Waals surface area contributed by atoms with Gasteiger partial charge in [-0.2, -0.15) is 0 Å². The molecule has 1 amide bonds. The molecule has 1 fully saturated rings. The summed E-state index contributed by atoms with van der Waals surface area (Å²) in [6.45, 7) is 4.82. The average molecular weight is 367 g/mol. The molecule has 0 bridgehead atoms. The van der Waals surface area contributed by atoms with Crippen LogP contribution in [0.5, 0.6) is 5.75 Å². The molecule has 6 heteroatoms. The Labute approximate surface area is 159 Å². The molecule has 3 rings (SSSR count). The summed E-state index contributed by atoms with van der Waals surface area (Å²) < 4.78 is 5.19. The highest BCUT2D eigenvalue weighted by Crippen LogP contribution is 2.20. The van der Waals surface area contributed by atoms with Crippen LogP contribution in [0.15, 0.2) is 48.5 Å². The Morgan fingerprint density at radius 1 is 0.963 bits per heavy atom. The van der Waals surface area contributed by atoms with E-state index in [1.54, 1.807) is 19.2 Å². The van der Waals surface area contributed by atoms with Gasteiger partial charge in [-0.15, -0.1) is 0 Å². The van der Waals surface area contributed by atoms with Gasteiger partial charge in [-0.3, -0.25) is 9.59 Å². The lowest BCUT2D eigenvalue weighted by molar-refractivity contribution is -0.129. The number of anilines is 2. The van der Waals surface area contributed by atoms with Crippen LogP contribution in [0, 0.1) is 0 Å². The Bertz CT molecular complexity index is 779. The third-order valence-electron chi connectivity index (χ3n) is 4.81. The largest absolute Gasteiger partial charge is 0.497 e. The van der Waals surface area contributed by atoms with Gasteiger partial charge in [-0.05, 0) is 55.5 Å². The molecular formula is C21H25N3O3. The van der Waals surface area contributed by atoms with Crippen LogP contribution in [-0.4, -0.2) is 56.4 Å². The van der Waals surface area contributed by atoms with Crippen molar-refractivity contribution >= 4 is 23.1 Å². The van der Waals surface area contributed by atoms with Crippen LogP contribution in [0.2, 0.25) is 0 Å². The van der Waals surface area contributed by atoms with Gasteiger partial charge in [0.05, 0.1) is 13.7 Å². The molecule has 1 heterocycles. The van der Waals surface area contributed by atoms with Gasteiger partial charge in [0.1, 0.15) is 5.75 Å². The molecule has 1 N–H and O–H groups in total. The van der Waals surface area contributed by atoms with Crippen LogP contribution in [-0.2, 0) is 4.79 Å². The number of hydrogen-bond acceptors (Lipinski definition) is 5. The lowest BCUT2D eigenvalue weighted by atomic mass is 10.1. The van der Waals surface area contributed by atoms with Crippen molar-refractivity contribution in [1.29, 1.82) is 0 Å². The molecule has 142 valence electrons. The normalized spacial score (nSPS) is 14.0. The number of amides is 1. The quantitative estimate of drug-likeness (QED) is 0.796. The molecule has 2 aromatic rings. The number of ether oxygens (including phenoxy) is 1. The van der Waals surface area contributed by atoms with E-state index in [1.165, 1.54) is 6.92 Å². The number of hydrogen-bond donors (Lipinski definition) is 1. The first-order chi connectivity index (χ1) is 13.1. The first-order valence-electron chi connectivity index (χ1n) is 9.08. The second-order valence-electron chi connectivity index (χ2n) is 6.55. The number of piperazine rings is 1. The summed E-state index contributed by atoms with van der Waals surface area (Å²) in [5, 5.41) is 3.13. The van der Waals surface area contributed by atoms with Crippen molar-refractivity contribution in [2.24, 2.45) is 0 Å². The van der Waals surface area contributed by atoms with Crippen molar-refractivity contribution in [3.05, 3.63) is 54.1 Å². The minimum atomic E-state index is 0.0346. The molecule has 0 aliphatic carbocycles. The van der Waals surface area contributed by atoms with Crippen molar-refractivity contribution in [2.45, 2.75) is 6.92 Å². The van der Waals surface area contributed by atoms with Crippen LogP contribution < -0.4 is 15.0 Å². The van der Waals surface area contributed by atoms with Gasteiger partial charge < -0.3 is 19.9 Å². The summed E-state index contributed by atoms with van der Waals surface area (Å²) in [5.74, 6) is 0.961. The summed E-state index contributed by atoms with van der Waals surface area (Å²) in [5.41, 5.74) is 2.65. The van der Waals surface area contributed by atoms with E-state index in [-0.39, 0.29) is 18.2 Å². The maximum Gasteiger partial charge on any atom is 0.241 e. The number of nitrogens with one attached hydrogen (secondary N) is 1. The van der Waals surface area contributed by atoms with Crippen LogP contribution in [0.25, 0.3) is 0 Å². The fourth-order valence-electron chi connectivity index (χ4n) is 3.12. The van der Waals surface area contributed by atoms with Gasteiger partial charge in [0.15, 0.2) is 5.78 Å². The molecule has 1 aliphatic heterocycles. The molecule has 1 saturated heterocycles. The van der Waals surface area contributed by atoms with E-state index in [4.69, 9.17) is 4.74 Å². The smallest absolute Gasteiger partial charge is 0.241 e. The lowest BCUT2D eigenvalue weighted by Crippen LogP contribution is -2.50. The first-order valence-corrected chi connectivity index (χ1v) is 9.08. The average Bonchev–Trinajstić information content (AvgIpc) is 2.72. The van der Waals surface area contributed by atoms with Crippen LogP contribution in [0.1, 0.15) is 17.3 Å². The third kappa shape index (κ3) is 4.78. The number of rotatable bonds is 6. The van der Waals surface area contributed by atoms with Gasteiger partial charge in [0.25, 0.3) is 0 Å².